The first-order valence-electron chi connectivity index (χ1n) is 23.0. The normalized spacial score (nSPS) is 23.9. The Kier molecular flexibility index (Phi) is 23.0. The second kappa shape index (κ2) is 28.2. The zero-order chi connectivity index (χ0) is 52.1. The number of phenolic OH excluding ortho intramolecular Hbond substituents is 1. The number of benzene rings is 2. The van der Waals surface area contributed by atoms with Gasteiger partial charge in [0.1, 0.15) is 35.6 Å². The number of hydrogen-bond acceptors (Lipinski definition) is 11. The highest BCUT2D eigenvalue weighted by Crippen LogP contribution is 2.19. The molecule has 1 aliphatic heterocycles. The van der Waals surface area contributed by atoms with E-state index >= 15 is 0 Å². The van der Waals surface area contributed by atoms with Crippen molar-refractivity contribution in [2.45, 2.75) is 116 Å². The van der Waals surface area contributed by atoms with Gasteiger partial charge in [0.05, 0.1) is 31.0 Å². The molecule has 2 aromatic rings. The molecule has 3 rings (SSSR count). The summed E-state index contributed by atoms with van der Waals surface area (Å²) >= 11 is 0. The minimum atomic E-state index is -1.85. The molecule has 1 aliphatic rings. The van der Waals surface area contributed by atoms with Gasteiger partial charge in [-0.05, 0) is 62.3 Å². The van der Waals surface area contributed by atoms with Gasteiger partial charge in [-0.3, -0.25) is 33.6 Å². The van der Waals surface area contributed by atoms with E-state index in [0.29, 0.717) is 17.6 Å². The number of carboxylic acid groups (broad SMARTS) is 2. The van der Waals surface area contributed by atoms with E-state index in [0.717, 1.165) is 5.56 Å². The van der Waals surface area contributed by atoms with Crippen LogP contribution in [0.5, 0.6) is 5.75 Å². The molecule has 1 saturated heterocycles. The fraction of sp³-hybridized carbons (Fsp3) is 0.460. The summed E-state index contributed by atoms with van der Waals surface area (Å²) in [6, 6.07) is 8.06. The van der Waals surface area contributed by atoms with Gasteiger partial charge in [0.2, 0.25) is 35.4 Å². The predicted molar refractivity (Wildman–Crippen MR) is 257 cm³/mol. The highest BCUT2D eigenvalue weighted by atomic mass is 16.5. The first-order chi connectivity index (χ1) is 33.1. The van der Waals surface area contributed by atoms with Crippen LogP contribution < -0.4 is 37.2 Å². The molecule has 0 unspecified atom stereocenters. The van der Waals surface area contributed by atoms with Crippen molar-refractivity contribution in [2.24, 2.45) is 17.8 Å². The largest absolute Gasteiger partial charge is 0.508 e. The number of hydrogen-bond donors (Lipinski definition) is 10. The molecular weight excluding hydrogens is 907 g/mol. The SMILES string of the molecule is C/C=C1/NC(=O)CC[C@H](C(=O)O)NC(=O)[C@@H](C)[C@H](/C=C/C(C)=C/[C@H](C)[C@H](Cc2ccccc2)OC)NC(=O)[C@H](Cc2ccc(O)cc2)NC(=O)C[C@H](C(=O)O)NC(=O)[C@H](CC(C)C)NC(=O)CNC1=O. The lowest BCUT2D eigenvalue weighted by atomic mass is 9.94. The molecule has 2 aromatic carbocycles. The Bertz CT molecular complexity index is 2260. The second-order valence-corrected chi connectivity index (χ2v) is 17.6. The van der Waals surface area contributed by atoms with Crippen LogP contribution in [0.4, 0.5) is 0 Å². The molecule has 1 fully saturated rings. The topological polar surface area (TPSA) is 308 Å². The molecule has 8 atom stereocenters. The maximum absolute atomic E-state index is 14.4. The molecule has 20 heteroatoms. The quantitative estimate of drug-likeness (QED) is 0.102. The van der Waals surface area contributed by atoms with Crippen LogP contribution in [0.1, 0.15) is 78.4 Å². The highest BCUT2D eigenvalue weighted by molar-refractivity contribution is 6.00. The number of ether oxygens (including phenoxy) is 1. The van der Waals surface area contributed by atoms with Gasteiger partial charge in [0, 0.05) is 25.9 Å². The highest BCUT2D eigenvalue weighted by Gasteiger charge is 2.33. The number of methoxy groups -OCH3 is 1. The third kappa shape index (κ3) is 19.3. The van der Waals surface area contributed by atoms with Crippen molar-refractivity contribution >= 4 is 53.3 Å². The van der Waals surface area contributed by atoms with Crippen molar-refractivity contribution in [3.63, 3.8) is 0 Å². The number of carboxylic acids is 2. The summed E-state index contributed by atoms with van der Waals surface area (Å²) in [5.74, 6) is -10.9. The van der Waals surface area contributed by atoms with Crippen LogP contribution in [0.2, 0.25) is 0 Å². The van der Waals surface area contributed by atoms with E-state index in [1.54, 1.807) is 34.0 Å². The van der Waals surface area contributed by atoms with Crippen molar-refractivity contribution in [1.29, 1.82) is 0 Å². The van der Waals surface area contributed by atoms with Crippen molar-refractivity contribution in [1.82, 2.24) is 37.2 Å². The second-order valence-electron chi connectivity index (χ2n) is 17.6. The van der Waals surface area contributed by atoms with E-state index in [1.165, 1.54) is 50.3 Å². The molecule has 0 radical (unpaired) electrons. The average molecular weight is 974 g/mol. The number of phenols is 1. The number of aromatic hydroxyl groups is 1. The van der Waals surface area contributed by atoms with Crippen LogP contribution >= 0.6 is 0 Å². The minimum Gasteiger partial charge on any atom is -0.508 e. The van der Waals surface area contributed by atoms with Gasteiger partial charge in [-0.1, -0.05) is 100 Å². The number of allylic oxidation sites excluding steroid dienone is 3. The van der Waals surface area contributed by atoms with Gasteiger partial charge in [0.15, 0.2) is 0 Å². The van der Waals surface area contributed by atoms with Crippen molar-refractivity contribution in [3.05, 3.63) is 101 Å². The number of aliphatic carboxylic acids is 2. The number of carbonyl (C=O) groups excluding carboxylic acids is 7. The Morgan fingerprint density at radius 2 is 1.39 bits per heavy atom. The standard InChI is InChI=1S/C50H67N7O13/c1-8-35-46(63)51-27-44(61)54-38(22-28(2)3)47(64)57-40(50(68)69)26-43(60)53-39(24-33-15-17-34(58)18-16-33)48(65)55-36(31(6)45(62)56-37(49(66)67)20-21-42(59)52-35)19-14-29(4)23-30(5)41(70-7)25-32-12-10-9-11-13-32/h8-19,23,28,30-31,36-41,58H,20-22,24-27H2,1-7H3,(H,51,63)(H,52,59)(H,53,60)(H,54,61)(H,55,65)(H,56,62)(H,57,64)(H,66,67)(H,68,69)/b19-14+,29-23+,35-8+/t30-,31-,36-,37+,38-,39-,40+,41-/m0/s1. The molecule has 380 valence electrons. The average Bonchev–Trinajstić information content (AvgIpc) is 3.30. The molecule has 0 aliphatic carbocycles. The lowest BCUT2D eigenvalue weighted by Gasteiger charge is -2.27. The third-order valence-corrected chi connectivity index (χ3v) is 11.4. The van der Waals surface area contributed by atoms with Crippen molar-refractivity contribution in [2.75, 3.05) is 13.7 Å². The van der Waals surface area contributed by atoms with E-state index in [-0.39, 0.29) is 42.2 Å². The summed E-state index contributed by atoms with van der Waals surface area (Å²) in [7, 11) is 1.61. The summed E-state index contributed by atoms with van der Waals surface area (Å²) in [6.45, 7) is 9.44. The smallest absolute Gasteiger partial charge is 0.326 e. The Morgan fingerprint density at radius 3 is 1.99 bits per heavy atom. The van der Waals surface area contributed by atoms with Crippen LogP contribution in [0.3, 0.4) is 0 Å². The molecule has 0 saturated carbocycles. The van der Waals surface area contributed by atoms with Crippen LogP contribution in [0.25, 0.3) is 0 Å². The summed E-state index contributed by atoms with van der Waals surface area (Å²) < 4.78 is 5.81. The Morgan fingerprint density at radius 1 is 0.771 bits per heavy atom. The van der Waals surface area contributed by atoms with E-state index in [4.69, 9.17) is 4.74 Å². The summed E-state index contributed by atoms with van der Waals surface area (Å²) in [4.78, 5) is 120. The lowest BCUT2D eigenvalue weighted by Crippen LogP contribution is -2.56. The lowest BCUT2D eigenvalue weighted by molar-refractivity contribution is -0.144. The molecule has 0 aromatic heterocycles. The molecule has 0 spiro atoms. The molecule has 10 N–H and O–H groups in total. The van der Waals surface area contributed by atoms with Gasteiger partial charge in [-0.15, -0.1) is 0 Å². The first kappa shape index (κ1) is 57.0. The van der Waals surface area contributed by atoms with Crippen LogP contribution in [0.15, 0.2) is 90.2 Å². The Balaban J connectivity index is 2.10. The van der Waals surface area contributed by atoms with Crippen molar-refractivity contribution in [3.8, 4) is 5.75 Å². The summed E-state index contributed by atoms with van der Waals surface area (Å²) in [5.41, 5.74) is 1.95. The molecule has 70 heavy (non-hydrogen) atoms. The number of nitrogens with one attached hydrogen (secondary N) is 7. The van der Waals surface area contributed by atoms with Crippen LogP contribution in [-0.2, 0) is 60.7 Å². The first-order valence-corrected chi connectivity index (χ1v) is 23.0. The molecule has 7 amide bonds. The monoisotopic (exact) mass is 973 g/mol. The number of amides is 7. The third-order valence-electron chi connectivity index (χ3n) is 11.4. The number of carbonyl (C=O) groups is 9. The van der Waals surface area contributed by atoms with Gasteiger partial charge < -0.3 is 57.3 Å². The van der Waals surface area contributed by atoms with Crippen LogP contribution in [-0.4, -0.2) is 119 Å². The van der Waals surface area contributed by atoms with Crippen molar-refractivity contribution < 1.29 is 63.2 Å². The van der Waals surface area contributed by atoms with Gasteiger partial charge >= 0.3 is 11.9 Å². The zero-order valence-electron chi connectivity index (χ0n) is 40.6. The van der Waals surface area contributed by atoms with Gasteiger partial charge in [-0.25, -0.2) is 9.59 Å². The molecule has 0 bridgehead atoms. The van der Waals surface area contributed by atoms with E-state index in [2.05, 4.69) is 37.2 Å². The fourth-order valence-electron chi connectivity index (χ4n) is 7.43. The molecule has 1 heterocycles. The molecule has 20 nitrogen and oxygen atoms in total. The maximum Gasteiger partial charge on any atom is 0.326 e. The Hall–Kier alpha value is -7.35. The fourth-order valence-corrected chi connectivity index (χ4v) is 7.43. The predicted octanol–water partition coefficient (Wildman–Crippen LogP) is 1.93. The number of rotatable bonds is 13. The minimum absolute atomic E-state index is 0.0219. The maximum atomic E-state index is 14.4. The Labute approximate surface area is 407 Å². The van der Waals surface area contributed by atoms with Crippen LogP contribution in [0, 0.1) is 17.8 Å². The van der Waals surface area contributed by atoms with E-state index in [9.17, 15) is 58.5 Å². The molecular formula is C50H67N7O13. The zero-order valence-corrected chi connectivity index (χ0v) is 40.6. The van der Waals surface area contributed by atoms with E-state index in [1.807, 2.05) is 43.3 Å². The van der Waals surface area contributed by atoms with Gasteiger partial charge in [-0.2, -0.15) is 0 Å². The van der Waals surface area contributed by atoms with Gasteiger partial charge in [0.25, 0.3) is 5.91 Å². The van der Waals surface area contributed by atoms with E-state index < -0.39 is 115 Å². The summed E-state index contributed by atoms with van der Waals surface area (Å²) in [5, 5.41) is 47.4. The summed E-state index contributed by atoms with van der Waals surface area (Å²) in [6.07, 6.45) is 4.82.